The molecule has 0 spiro atoms. The van der Waals surface area contributed by atoms with Gasteiger partial charge >= 0.3 is 0 Å². The van der Waals surface area contributed by atoms with Gasteiger partial charge in [-0.25, -0.2) is 0 Å². The van der Waals surface area contributed by atoms with Crippen molar-refractivity contribution in [2.24, 2.45) is 59.2 Å². The first-order chi connectivity index (χ1) is 39.2. The fourth-order valence-corrected chi connectivity index (χ4v) is 11.5. The second-order valence-corrected chi connectivity index (χ2v) is 26.9. The Morgan fingerprint density at radius 2 is 0.906 bits per heavy atom. The van der Waals surface area contributed by atoms with Gasteiger partial charge in [-0.1, -0.05) is 116 Å². The molecule has 1 aliphatic heterocycles. The van der Waals surface area contributed by atoms with Gasteiger partial charge in [-0.3, -0.25) is 52.7 Å². The van der Waals surface area contributed by atoms with Crippen LogP contribution in [0.25, 0.3) is 0 Å². The second kappa shape index (κ2) is 35.3. The summed E-state index contributed by atoms with van der Waals surface area (Å²) in [4.78, 5) is 170. The quantitative estimate of drug-likeness (QED) is 0.166. The molecule has 0 aromatic carbocycles. The predicted octanol–water partition coefficient (Wildman–Crippen LogP) is 6.54. The van der Waals surface area contributed by atoms with Gasteiger partial charge < -0.3 is 44.7 Å². The third-order valence-electron chi connectivity index (χ3n) is 17.3. The maximum Gasteiger partial charge on any atom is 0.248 e. The van der Waals surface area contributed by atoms with Crippen LogP contribution in [0.2, 0.25) is 0 Å². The Morgan fingerprint density at radius 1 is 0.494 bits per heavy atom. The summed E-state index contributed by atoms with van der Waals surface area (Å²) in [7, 11) is 10.2. The van der Waals surface area contributed by atoms with Crippen LogP contribution in [0.5, 0.6) is 0 Å². The Labute approximate surface area is 511 Å². The Bertz CT molecular complexity index is 2320. The summed E-state index contributed by atoms with van der Waals surface area (Å²) < 4.78 is 0. The number of ketones is 3. The van der Waals surface area contributed by atoms with Crippen LogP contribution in [0.3, 0.4) is 0 Å². The van der Waals surface area contributed by atoms with E-state index in [1.165, 1.54) is 85.7 Å². The van der Waals surface area contributed by atoms with Gasteiger partial charge in [0.2, 0.25) is 47.3 Å². The Hall–Kier alpha value is -5.53. The third kappa shape index (κ3) is 22.0. The van der Waals surface area contributed by atoms with Gasteiger partial charge in [0.05, 0.1) is 24.7 Å². The van der Waals surface area contributed by atoms with E-state index in [-0.39, 0.29) is 104 Å². The molecule has 1 unspecified atom stereocenters. The summed E-state index contributed by atoms with van der Waals surface area (Å²) in [6, 6.07) is -8.25. The Morgan fingerprint density at radius 3 is 1.35 bits per heavy atom. The van der Waals surface area contributed by atoms with Crippen molar-refractivity contribution < 1.29 is 57.8 Å². The largest absolute Gasteiger partial charge is 0.391 e. The summed E-state index contributed by atoms with van der Waals surface area (Å²) in [5, 5.41) is 14.4. The number of Topliss-reactive ketones (excluding diaryl/α,β-unsaturated/α-hetero) is 3. The minimum atomic E-state index is -1.57. The van der Waals surface area contributed by atoms with E-state index in [1.54, 1.807) is 27.7 Å². The fourth-order valence-electron chi connectivity index (χ4n) is 11.5. The van der Waals surface area contributed by atoms with Crippen molar-refractivity contribution in [2.75, 3.05) is 55.9 Å². The molecule has 0 aliphatic carbocycles. The molecule has 1 rings (SSSR count). The number of amides is 8. The van der Waals surface area contributed by atoms with Gasteiger partial charge in [0.25, 0.3) is 0 Å². The Kier molecular flexibility index (Phi) is 32.2. The van der Waals surface area contributed by atoms with E-state index in [9.17, 15) is 48.3 Å². The number of hydrogen-bond donors (Lipinski definition) is 2. The highest BCUT2D eigenvalue weighted by atomic mass is 16.3. The lowest BCUT2D eigenvalue weighted by Crippen LogP contribution is -2.63. The molecule has 2 N–H and O–H groups in total. The average molecular weight is 1200 g/mol. The highest BCUT2D eigenvalue weighted by molar-refractivity contribution is 5.99. The standard InChI is InChI=1S/C65H114N8O12/c1-25-27-28-42(13)45(16)57-59(79)66-48(26-2)62(82)67(18)36-56(78)68(19)49(29-37(3)4)55(77)35-47(41(11)12)61(81)69(20)50(30-38(5)6)54(76)33-43(14)53(75)34-44(15)60(80)70(21)51(31-39(7)8)63(83)71(22)52(32-40(9)10)64(84)73(24)58(46(17)74)65(85)72(57)23/h25,27,37-52,57-58,74H,26,28-36H2,1-24H3,(H,66,79)/b27-25+/t42-,43-,44+,45-,46?,47+,48+,49+,50+,51+,52+,57+,58+/m1/s1. The van der Waals surface area contributed by atoms with Crippen molar-refractivity contribution in [3.63, 3.8) is 0 Å². The van der Waals surface area contributed by atoms with Crippen molar-refractivity contribution in [3.8, 4) is 0 Å². The van der Waals surface area contributed by atoms with Crippen LogP contribution < -0.4 is 5.32 Å². The minimum absolute atomic E-state index is 0.0531. The molecule has 20 heteroatoms. The zero-order valence-electron chi connectivity index (χ0n) is 56.7. The summed E-state index contributed by atoms with van der Waals surface area (Å²) in [5.41, 5.74) is 0. The van der Waals surface area contributed by atoms with Gasteiger partial charge in [0.1, 0.15) is 36.0 Å². The van der Waals surface area contributed by atoms with E-state index in [0.29, 0.717) is 6.42 Å². The van der Waals surface area contributed by atoms with Crippen LogP contribution in [0, 0.1) is 59.2 Å². The number of allylic oxidation sites excluding steroid dienone is 2. The average Bonchev–Trinajstić information content (AvgIpc) is 3.62. The van der Waals surface area contributed by atoms with E-state index in [1.807, 2.05) is 95.2 Å². The van der Waals surface area contributed by atoms with Crippen LogP contribution in [0.15, 0.2) is 12.2 Å². The molecule has 0 aromatic heterocycles. The van der Waals surface area contributed by atoms with E-state index >= 15 is 9.59 Å². The van der Waals surface area contributed by atoms with Crippen LogP contribution in [-0.4, -0.2) is 208 Å². The van der Waals surface area contributed by atoms with E-state index in [4.69, 9.17) is 0 Å². The van der Waals surface area contributed by atoms with E-state index in [0.717, 1.165) is 4.90 Å². The van der Waals surface area contributed by atoms with Crippen LogP contribution in [-0.2, 0) is 52.7 Å². The van der Waals surface area contributed by atoms with Gasteiger partial charge in [0.15, 0.2) is 11.6 Å². The van der Waals surface area contributed by atoms with Gasteiger partial charge in [-0.2, -0.15) is 0 Å². The second-order valence-electron chi connectivity index (χ2n) is 26.9. The van der Waals surface area contributed by atoms with Crippen LogP contribution in [0.1, 0.15) is 175 Å². The predicted molar refractivity (Wildman–Crippen MR) is 332 cm³/mol. The lowest BCUT2D eigenvalue weighted by Gasteiger charge is -2.41. The first-order valence-electron chi connectivity index (χ1n) is 31.2. The smallest absolute Gasteiger partial charge is 0.248 e. The first-order valence-corrected chi connectivity index (χ1v) is 31.2. The molecule has 8 amide bonds. The summed E-state index contributed by atoms with van der Waals surface area (Å²) in [6.07, 6.45) is 3.01. The molecule has 1 heterocycles. The number of carbonyl (C=O) groups excluding carboxylic acids is 11. The maximum atomic E-state index is 15.1. The monoisotopic (exact) mass is 1200 g/mol. The third-order valence-corrected chi connectivity index (χ3v) is 17.3. The molecule has 0 bridgehead atoms. The summed E-state index contributed by atoms with van der Waals surface area (Å²) in [5.74, 6) is -10.2. The molecule has 1 aliphatic rings. The summed E-state index contributed by atoms with van der Waals surface area (Å²) >= 11 is 0. The molecule has 1 fully saturated rings. The highest BCUT2D eigenvalue weighted by Crippen LogP contribution is 2.29. The zero-order valence-corrected chi connectivity index (χ0v) is 56.7. The number of likely N-dealkylation sites (N-methyl/N-ethyl adjacent to an activating group) is 7. The molecule has 85 heavy (non-hydrogen) atoms. The molecule has 20 nitrogen and oxygen atoms in total. The summed E-state index contributed by atoms with van der Waals surface area (Å²) in [6.45, 7) is 30.1. The number of aliphatic hydroxyl groups is 1. The van der Waals surface area contributed by atoms with E-state index < -0.39 is 126 Å². The maximum absolute atomic E-state index is 15.1. The number of aliphatic hydroxyl groups excluding tert-OH is 1. The van der Waals surface area contributed by atoms with Gasteiger partial charge in [-0.15, -0.1) is 0 Å². The zero-order chi connectivity index (χ0) is 66.0. The van der Waals surface area contributed by atoms with Gasteiger partial charge in [-0.05, 0) is 93.8 Å². The normalized spacial score (nSPS) is 27.5. The van der Waals surface area contributed by atoms with Crippen LogP contribution >= 0.6 is 0 Å². The van der Waals surface area contributed by atoms with Gasteiger partial charge in [0, 0.05) is 86.3 Å². The molecular weight excluding hydrogens is 1080 g/mol. The molecule has 0 radical (unpaired) electrons. The molecule has 13 atom stereocenters. The van der Waals surface area contributed by atoms with Crippen molar-refractivity contribution in [1.82, 2.24) is 39.6 Å². The Balaban J connectivity index is 4.32. The van der Waals surface area contributed by atoms with Crippen molar-refractivity contribution in [1.29, 1.82) is 0 Å². The molecular formula is C65H114N8O12. The number of hydrogen-bond acceptors (Lipinski definition) is 12. The topological polar surface area (TPSA) is 243 Å². The molecule has 486 valence electrons. The number of nitrogens with one attached hydrogen (secondary N) is 1. The van der Waals surface area contributed by atoms with Crippen molar-refractivity contribution >= 4 is 64.6 Å². The fraction of sp³-hybridized carbons (Fsp3) is 0.800. The number of carbonyl (C=O) groups is 11. The molecule has 0 aromatic rings. The van der Waals surface area contributed by atoms with Crippen LogP contribution in [0.4, 0.5) is 0 Å². The lowest BCUT2D eigenvalue weighted by atomic mass is 9.84. The van der Waals surface area contributed by atoms with E-state index in [2.05, 4.69) is 5.32 Å². The first kappa shape index (κ1) is 77.5. The highest BCUT2D eigenvalue weighted by Gasteiger charge is 2.45. The SMILES string of the molecule is C/C=C/C[C@@H](C)[C@@H](C)[C@H]1C(=O)N[C@@H](CC)C(=O)N(C)CC(=O)N(C)[C@@H](CC(C)C)C(=O)C[C@@H](C(C)C)C(=O)N(C)[C@@H](CC(C)C)C(=O)C[C@@H](C)C(=O)C[C@H](C)C(=O)N(C)[C@@H](CC(C)C)C(=O)N(C)[C@@H](CC(C)C)C(=O)N(C)[C@@H](C(C)O)C(=O)N1C. The molecule has 1 saturated heterocycles. The molecule has 0 saturated carbocycles. The van der Waals surface area contributed by atoms with Crippen molar-refractivity contribution in [3.05, 3.63) is 12.2 Å². The number of rotatable bonds is 15. The van der Waals surface area contributed by atoms with Crippen molar-refractivity contribution in [2.45, 2.75) is 224 Å². The lowest BCUT2D eigenvalue weighted by molar-refractivity contribution is -0.158. The number of nitrogens with zero attached hydrogens (tertiary/aromatic N) is 7. The minimum Gasteiger partial charge on any atom is -0.391 e.